The Bertz CT molecular complexity index is 482. The molecule has 3 rings (SSSR count). The fraction of sp³-hybridized carbons (Fsp3) is 0.706. The van der Waals surface area contributed by atoms with Gasteiger partial charge in [-0.2, -0.15) is 0 Å². The van der Waals surface area contributed by atoms with Crippen LogP contribution in [-0.2, 0) is 9.53 Å². The highest BCUT2D eigenvalue weighted by atomic mass is 32.1. The summed E-state index contributed by atoms with van der Waals surface area (Å²) in [5.74, 6) is 0.245. The Labute approximate surface area is 142 Å². The number of likely N-dealkylation sites (tertiary alicyclic amines) is 1. The van der Waals surface area contributed by atoms with Crippen LogP contribution in [0.25, 0.3) is 0 Å². The average molecular weight is 337 g/mol. The number of rotatable bonds is 6. The van der Waals surface area contributed by atoms with E-state index in [1.165, 1.54) is 4.88 Å². The number of morpholine rings is 1. The minimum absolute atomic E-state index is 0.114. The lowest BCUT2D eigenvalue weighted by atomic mass is 10.1. The Morgan fingerprint density at radius 1 is 1.30 bits per heavy atom. The maximum absolute atomic E-state index is 12.5. The standard InChI is InChI=1S/C17H27N3O2S/c1-14(17(21)20-6-2-3-7-20)18-13-15(16-5-4-12-23-16)19-8-10-22-11-9-19/h4-5,12,14-15,18H,2-3,6-11,13H2,1H3/t14-,15+/m1/s1. The summed E-state index contributed by atoms with van der Waals surface area (Å²) in [7, 11) is 0. The lowest BCUT2D eigenvalue weighted by molar-refractivity contribution is -0.132. The number of carbonyl (C=O) groups excluding carboxylic acids is 1. The third-order valence-corrected chi connectivity index (χ3v) is 5.74. The predicted molar refractivity (Wildman–Crippen MR) is 92.7 cm³/mol. The predicted octanol–water partition coefficient (Wildman–Crippen LogP) is 1.72. The Morgan fingerprint density at radius 3 is 2.70 bits per heavy atom. The van der Waals surface area contributed by atoms with E-state index in [4.69, 9.17) is 4.74 Å². The van der Waals surface area contributed by atoms with Gasteiger partial charge in [-0.05, 0) is 31.2 Å². The first kappa shape index (κ1) is 16.9. The zero-order valence-electron chi connectivity index (χ0n) is 13.9. The third kappa shape index (κ3) is 4.32. The van der Waals surface area contributed by atoms with E-state index in [2.05, 4.69) is 27.7 Å². The number of nitrogens with zero attached hydrogens (tertiary/aromatic N) is 2. The van der Waals surface area contributed by atoms with Gasteiger partial charge in [0.2, 0.25) is 5.91 Å². The normalized spacial score (nSPS) is 22.2. The van der Waals surface area contributed by atoms with E-state index in [0.29, 0.717) is 6.04 Å². The number of amides is 1. The lowest BCUT2D eigenvalue weighted by Gasteiger charge is -2.35. The van der Waals surface area contributed by atoms with Crippen LogP contribution in [-0.4, -0.2) is 67.7 Å². The van der Waals surface area contributed by atoms with Gasteiger partial charge in [0.15, 0.2) is 0 Å². The van der Waals surface area contributed by atoms with Gasteiger partial charge in [0, 0.05) is 37.6 Å². The van der Waals surface area contributed by atoms with Crippen molar-refractivity contribution in [1.29, 1.82) is 0 Å². The zero-order chi connectivity index (χ0) is 16.1. The maximum atomic E-state index is 12.5. The molecule has 2 saturated heterocycles. The van der Waals surface area contributed by atoms with E-state index in [0.717, 1.165) is 58.8 Å². The highest BCUT2D eigenvalue weighted by Gasteiger charge is 2.27. The zero-order valence-corrected chi connectivity index (χ0v) is 14.7. The monoisotopic (exact) mass is 337 g/mol. The highest BCUT2D eigenvalue weighted by Crippen LogP contribution is 2.25. The summed E-state index contributed by atoms with van der Waals surface area (Å²) < 4.78 is 5.48. The highest BCUT2D eigenvalue weighted by molar-refractivity contribution is 7.10. The van der Waals surface area contributed by atoms with E-state index in [9.17, 15) is 4.79 Å². The van der Waals surface area contributed by atoms with E-state index in [1.54, 1.807) is 11.3 Å². The Morgan fingerprint density at radius 2 is 2.04 bits per heavy atom. The largest absolute Gasteiger partial charge is 0.379 e. The second-order valence-electron chi connectivity index (χ2n) is 6.34. The van der Waals surface area contributed by atoms with Crippen molar-refractivity contribution in [1.82, 2.24) is 15.1 Å². The molecule has 1 N–H and O–H groups in total. The van der Waals surface area contributed by atoms with Crippen LogP contribution in [0, 0.1) is 0 Å². The fourth-order valence-corrected chi connectivity index (χ4v) is 4.23. The van der Waals surface area contributed by atoms with Crippen molar-refractivity contribution in [3.05, 3.63) is 22.4 Å². The first-order valence-electron chi connectivity index (χ1n) is 8.63. The molecule has 0 aliphatic carbocycles. The van der Waals surface area contributed by atoms with E-state index in [-0.39, 0.29) is 11.9 Å². The van der Waals surface area contributed by atoms with Crippen molar-refractivity contribution in [3.8, 4) is 0 Å². The van der Waals surface area contributed by atoms with Gasteiger partial charge in [-0.25, -0.2) is 0 Å². The molecule has 1 aromatic heterocycles. The van der Waals surface area contributed by atoms with Gasteiger partial charge in [0.1, 0.15) is 0 Å². The molecule has 1 amide bonds. The molecule has 0 aromatic carbocycles. The molecule has 128 valence electrons. The van der Waals surface area contributed by atoms with Crippen molar-refractivity contribution in [3.63, 3.8) is 0 Å². The van der Waals surface area contributed by atoms with E-state index < -0.39 is 0 Å². The first-order valence-corrected chi connectivity index (χ1v) is 9.51. The van der Waals surface area contributed by atoms with Crippen molar-refractivity contribution >= 4 is 17.2 Å². The summed E-state index contributed by atoms with van der Waals surface area (Å²) >= 11 is 1.79. The average Bonchev–Trinajstić information content (AvgIpc) is 3.29. The van der Waals surface area contributed by atoms with Crippen molar-refractivity contribution in [2.75, 3.05) is 45.9 Å². The third-order valence-electron chi connectivity index (χ3n) is 4.76. The lowest BCUT2D eigenvalue weighted by Crippen LogP contribution is -2.48. The van der Waals surface area contributed by atoms with Crippen LogP contribution in [0.15, 0.2) is 17.5 Å². The molecule has 2 aliphatic rings. The Kier molecular flexibility index (Phi) is 6.05. The molecule has 23 heavy (non-hydrogen) atoms. The molecule has 0 radical (unpaired) electrons. The van der Waals surface area contributed by atoms with E-state index >= 15 is 0 Å². The van der Waals surface area contributed by atoms with Crippen LogP contribution in [0.5, 0.6) is 0 Å². The quantitative estimate of drug-likeness (QED) is 0.858. The van der Waals surface area contributed by atoms with Gasteiger partial charge in [-0.1, -0.05) is 6.07 Å². The van der Waals surface area contributed by atoms with Crippen molar-refractivity contribution in [2.24, 2.45) is 0 Å². The van der Waals surface area contributed by atoms with Crippen LogP contribution in [0.4, 0.5) is 0 Å². The second-order valence-corrected chi connectivity index (χ2v) is 7.32. The summed E-state index contributed by atoms with van der Waals surface area (Å²) in [5, 5.41) is 5.60. The molecule has 5 nitrogen and oxygen atoms in total. The molecular formula is C17H27N3O2S. The van der Waals surface area contributed by atoms with Gasteiger partial charge < -0.3 is 15.0 Å². The minimum atomic E-state index is -0.114. The van der Waals surface area contributed by atoms with Gasteiger partial charge in [-0.15, -0.1) is 11.3 Å². The van der Waals surface area contributed by atoms with Crippen LogP contribution < -0.4 is 5.32 Å². The fourth-order valence-electron chi connectivity index (χ4n) is 3.37. The molecule has 2 aliphatic heterocycles. The smallest absolute Gasteiger partial charge is 0.239 e. The maximum Gasteiger partial charge on any atom is 0.239 e. The molecule has 0 saturated carbocycles. The van der Waals surface area contributed by atoms with Crippen LogP contribution >= 0.6 is 11.3 Å². The number of thiophene rings is 1. The molecule has 1 aromatic rings. The van der Waals surface area contributed by atoms with Crippen LogP contribution in [0.3, 0.4) is 0 Å². The summed E-state index contributed by atoms with van der Waals surface area (Å²) in [6.07, 6.45) is 2.29. The number of ether oxygens (including phenoxy) is 1. The summed E-state index contributed by atoms with van der Waals surface area (Å²) in [5.41, 5.74) is 0. The van der Waals surface area contributed by atoms with Crippen molar-refractivity contribution < 1.29 is 9.53 Å². The number of carbonyl (C=O) groups is 1. The van der Waals surface area contributed by atoms with Crippen molar-refractivity contribution in [2.45, 2.75) is 31.8 Å². The SMILES string of the molecule is C[C@@H](NC[C@@H](c1cccs1)N1CCOCC1)C(=O)N1CCCC1. The molecule has 6 heteroatoms. The Balaban J connectivity index is 1.58. The van der Waals surface area contributed by atoms with Gasteiger partial charge in [0.25, 0.3) is 0 Å². The van der Waals surface area contributed by atoms with Gasteiger partial charge in [0.05, 0.1) is 25.3 Å². The van der Waals surface area contributed by atoms with Crippen LogP contribution in [0.1, 0.15) is 30.7 Å². The summed E-state index contributed by atoms with van der Waals surface area (Å²) in [6.45, 7) is 8.14. The summed E-state index contributed by atoms with van der Waals surface area (Å²) in [4.78, 5) is 18.3. The topological polar surface area (TPSA) is 44.8 Å². The van der Waals surface area contributed by atoms with Crippen LogP contribution in [0.2, 0.25) is 0 Å². The molecule has 0 spiro atoms. The van der Waals surface area contributed by atoms with Gasteiger partial charge >= 0.3 is 0 Å². The number of nitrogens with one attached hydrogen (secondary N) is 1. The first-order chi connectivity index (χ1) is 11.3. The molecular weight excluding hydrogens is 310 g/mol. The minimum Gasteiger partial charge on any atom is -0.379 e. The van der Waals surface area contributed by atoms with E-state index in [1.807, 2.05) is 11.8 Å². The molecule has 3 heterocycles. The molecule has 2 atom stereocenters. The summed E-state index contributed by atoms with van der Waals surface area (Å²) in [6, 6.07) is 4.51. The molecule has 0 bridgehead atoms. The molecule has 2 fully saturated rings. The molecule has 0 unspecified atom stereocenters. The number of hydrogen-bond donors (Lipinski definition) is 1. The Hall–Kier alpha value is -0.950. The van der Waals surface area contributed by atoms with Gasteiger partial charge in [-0.3, -0.25) is 9.69 Å². The second kappa shape index (κ2) is 8.24. The number of hydrogen-bond acceptors (Lipinski definition) is 5.